The van der Waals surface area contributed by atoms with Crippen LogP contribution in [0.1, 0.15) is 31.7 Å². The SMILES string of the molecule is CCCc1ccnc(N2CCC(Oc3ccc(-n4cncn4)cc3)CC2)c1[N+](=O)[O-]. The Bertz CT molecular complexity index is 982. The molecule has 0 atom stereocenters. The maximum atomic E-state index is 11.7. The van der Waals surface area contributed by atoms with Gasteiger partial charge < -0.3 is 9.64 Å². The fraction of sp³-hybridized carbons (Fsp3) is 0.381. The van der Waals surface area contributed by atoms with Gasteiger partial charge in [-0.3, -0.25) is 10.1 Å². The molecule has 9 heteroatoms. The first kappa shape index (κ1) is 19.8. The summed E-state index contributed by atoms with van der Waals surface area (Å²) in [5.41, 5.74) is 1.81. The van der Waals surface area contributed by atoms with Gasteiger partial charge in [-0.05, 0) is 36.8 Å². The van der Waals surface area contributed by atoms with Crippen molar-refractivity contribution >= 4 is 11.5 Å². The molecule has 0 saturated carbocycles. The minimum Gasteiger partial charge on any atom is -0.490 e. The highest BCUT2D eigenvalue weighted by Crippen LogP contribution is 2.32. The van der Waals surface area contributed by atoms with Gasteiger partial charge in [0.15, 0.2) is 0 Å². The maximum Gasteiger partial charge on any atom is 0.314 e. The molecule has 30 heavy (non-hydrogen) atoms. The fourth-order valence-electron chi connectivity index (χ4n) is 3.78. The standard InChI is InChI=1S/C21H24N6O3/c1-2-3-16-8-11-23-21(20(16)27(28)29)25-12-9-19(10-13-25)30-18-6-4-17(5-7-18)26-15-22-14-24-26/h4-8,11,14-15,19H,2-3,9-10,12-13H2,1H3. The first-order chi connectivity index (χ1) is 14.7. The van der Waals surface area contributed by atoms with Crippen molar-refractivity contribution in [2.24, 2.45) is 0 Å². The summed E-state index contributed by atoms with van der Waals surface area (Å²) in [6, 6.07) is 9.47. The Kier molecular flexibility index (Phi) is 5.87. The Labute approximate surface area is 174 Å². The molecule has 0 unspecified atom stereocenters. The summed E-state index contributed by atoms with van der Waals surface area (Å²) < 4.78 is 7.81. The minimum atomic E-state index is -0.299. The molecule has 3 aromatic rings. The number of nitro groups is 1. The van der Waals surface area contributed by atoms with E-state index in [-0.39, 0.29) is 16.7 Å². The highest BCUT2D eigenvalue weighted by Gasteiger charge is 2.29. The van der Waals surface area contributed by atoms with Crippen molar-refractivity contribution in [3.05, 3.63) is 64.9 Å². The number of hydrogen-bond donors (Lipinski definition) is 0. The first-order valence-electron chi connectivity index (χ1n) is 10.1. The zero-order chi connectivity index (χ0) is 20.9. The lowest BCUT2D eigenvalue weighted by Crippen LogP contribution is -2.39. The average Bonchev–Trinajstić information content (AvgIpc) is 3.30. The Morgan fingerprint density at radius 1 is 1.20 bits per heavy atom. The summed E-state index contributed by atoms with van der Waals surface area (Å²) in [5.74, 6) is 1.27. The maximum absolute atomic E-state index is 11.7. The van der Waals surface area contributed by atoms with Gasteiger partial charge in [0.2, 0.25) is 5.82 Å². The van der Waals surface area contributed by atoms with E-state index in [1.54, 1.807) is 23.3 Å². The quantitative estimate of drug-likeness (QED) is 0.435. The van der Waals surface area contributed by atoms with Gasteiger partial charge in [0.1, 0.15) is 24.5 Å². The number of ether oxygens (including phenoxy) is 1. The monoisotopic (exact) mass is 408 g/mol. The van der Waals surface area contributed by atoms with Crippen molar-refractivity contribution in [1.29, 1.82) is 0 Å². The third-order valence-corrected chi connectivity index (χ3v) is 5.25. The number of hydrogen-bond acceptors (Lipinski definition) is 7. The highest BCUT2D eigenvalue weighted by atomic mass is 16.6. The third-order valence-electron chi connectivity index (χ3n) is 5.25. The summed E-state index contributed by atoms with van der Waals surface area (Å²) in [6.45, 7) is 3.36. The van der Waals surface area contributed by atoms with Crippen LogP contribution in [-0.2, 0) is 6.42 Å². The van der Waals surface area contributed by atoms with Crippen molar-refractivity contribution in [2.75, 3.05) is 18.0 Å². The average molecular weight is 408 g/mol. The molecule has 1 fully saturated rings. The van der Waals surface area contributed by atoms with Crippen molar-refractivity contribution in [1.82, 2.24) is 19.7 Å². The zero-order valence-corrected chi connectivity index (χ0v) is 16.8. The smallest absolute Gasteiger partial charge is 0.314 e. The van der Waals surface area contributed by atoms with Crippen LogP contribution in [0.5, 0.6) is 5.75 Å². The second-order valence-corrected chi connectivity index (χ2v) is 7.29. The number of piperidine rings is 1. The number of rotatable bonds is 7. The summed E-state index contributed by atoms with van der Waals surface area (Å²) in [5, 5.41) is 15.8. The molecular weight excluding hydrogens is 384 g/mol. The number of pyridine rings is 1. The fourth-order valence-corrected chi connectivity index (χ4v) is 3.78. The van der Waals surface area contributed by atoms with Crippen LogP contribution in [0.15, 0.2) is 49.2 Å². The van der Waals surface area contributed by atoms with Gasteiger partial charge in [-0.1, -0.05) is 13.3 Å². The number of anilines is 1. The molecule has 9 nitrogen and oxygen atoms in total. The van der Waals surface area contributed by atoms with Gasteiger partial charge in [-0.2, -0.15) is 5.10 Å². The van der Waals surface area contributed by atoms with Crippen molar-refractivity contribution in [3.63, 3.8) is 0 Å². The Hall–Kier alpha value is -3.49. The van der Waals surface area contributed by atoms with E-state index >= 15 is 0 Å². The number of aromatic nitrogens is 4. The molecule has 1 aliphatic rings. The highest BCUT2D eigenvalue weighted by molar-refractivity contribution is 5.62. The van der Waals surface area contributed by atoms with E-state index in [4.69, 9.17) is 4.74 Å². The van der Waals surface area contributed by atoms with E-state index in [1.807, 2.05) is 36.1 Å². The van der Waals surface area contributed by atoms with Gasteiger partial charge in [-0.25, -0.2) is 14.6 Å². The Morgan fingerprint density at radius 2 is 1.97 bits per heavy atom. The molecule has 0 aliphatic carbocycles. The molecule has 0 amide bonds. The lowest BCUT2D eigenvalue weighted by Gasteiger charge is -2.32. The zero-order valence-electron chi connectivity index (χ0n) is 16.8. The van der Waals surface area contributed by atoms with Gasteiger partial charge >= 0.3 is 5.69 Å². The van der Waals surface area contributed by atoms with Gasteiger partial charge in [0.25, 0.3) is 0 Å². The van der Waals surface area contributed by atoms with Crippen LogP contribution in [-0.4, -0.2) is 43.9 Å². The van der Waals surface area contributed by atoms with Gasteiger partial charge in [0, 0.05) is 37.7 Å². The molecule has 1 aliphatic heterocycles. The van der Waals surface area contributed by atoms with Crippen LogP contribution in [0.3, 0.4) is 0 Å². The molecule has 2 aromatic heterocycles. The van der Waals surface area contributed by atoms with E-state index in [0.717, 1.165) is 36.3 Å². The van der Waals surface area contributed by atoms with Crippen molar-refractivity contribution < 1.29 is 9.66 Å². The second-order valence-electron chi connectivity index (χ2n) is 7.29. The normalized spacial score (nSPS) is 14.6. The topological polar surface area (TPSA) is 99.2 Å². The molecule has 0 spiro atoms. The summed E-state index contributed by atoms with van der Waals surface area (Å²) in [4.78, 5) is 21.7. The van der Waals surface area contributed by atoms with E-state index in [1.165, 1.54) is 6.33 Å². The molecule has 0 radical (unpaired) electrons. The minimum absolute atomic E-state index is 0.0661. The molecular formula is C21H24N6O3. The molecule has 1 aromatic carbocycles. The molecule has 4 rings (SSSR count). The Balaban J connectivity index is 1.40. The van der Waals surface area contributed by atoms with Crippen LogP contribution >= 0.6 is 0 Å². The first-order valence-corrected chi connectivity index (χ1v) is 10.1. The van der Waals surface area contributed by atoms with Crippen LogP contribution in [0.4, 0.5) is 11.5 Å². The van der Waals surface area contributed by atoms with Crippen LogP contribution < -0.4 is 9.64 Å². The molecule has 0 bridgehead atoms. The molecule has 156 valence electrons. The van der Waals surface area contributed by atoms with E-state index in [2.05, 4.69) is 15.1 Å². The van der Waals surface area contributed by atoms with E-state index in [0.29, 0.717) is 25.3 Å². The van der Waals surface area contributed by atoms with Gasteiger partial charge in [0.05, 0.1) is 10.6 Å². The largest absolute Gasteiger partial charge is 0.490 e. The summed E-state index contributed by atoms with van der Waals surface area (Å²) in [6.07, 6.45) is 7.97. The van der Waals surface area contributed by atoms with Crippen molar-refractivity contribution in [2.45, 2.75) is 38.7 Å². The lowest BCUT2D eigenvalue weighted by atomic mass is 10.1. The van der Waals surface area contributed by atoms with Crippen LogP contribution in [0, 0.1) is 10.1 Å². The second kappa shape index (κ2) is 8.89. The van der Waals surface area contributed by atoms with Crippen LogP contribution in [0.25, 0.3) is 5.69 Å². The summed E-state index contributed by atoms with van der Waals surface area (Å²) >= 11 is 0. The Morgan fingerprint density at radius 3 is 2.60 bits per heavy atom. The third kappa shape index (κ3) is 4.24. The van der Waals surface area contributed by atoms with Crippen molar-refractivity contribution in [3.8, 4) is 11.4 Å². The summed E-state index contributed by atoms with van der Waals surface area (Å²) in [7, 11) is 0. The number of nitrogens with zero attached hydrogens (tertiary/aromatic N) is 6. The van der Waals surface area contributed by atoms with E-state index in [9.17, 15) is 10.1 Å². The number of aryl methyl sites for hydroxylation is 1. The predicted molar refractivity (Wildman–Crippen MR) is 112 cm³/mol. The number of benzene rings is 1. The van der Waals surface area contributed by atoms with E-state index < -0.39 is 0 Å². The predicted octanol–water partition coefficient (Wildman–Crippen LogP) is 3.57. The molecule has 3 heterocycles. The van der Waals surface area contributed by atoms with Crippen LogP contribution in [0.2, 0.25) is 0 Å². The lowest BCUT2D eigenvalue weighted by molar-refractivity contribution is -0.385. The van der Waals surface area contributed by atoms with Gasteiger partial charge in [-0.15, -0.1) is 0 Å². The molecule has 0 N–H and O–H groups in total. The molecule has 1 saturated heterocycles.